The molecule has 13 heavy (non-hydrogen) atoms. The molecule has 0 fully saturated rings. The average Bonchev–Trinajstić information content (AvgIpc) is 1.85. The number of halogens is 2. The van der Waals surface area contributed by atoms with E-state index in [0.717, 1.165) is 19.3 Å². The van der Waals surface area contributed by atoms with Gasteiger partial charge in [0, 0.05) is 12.8 Å². The lowest BCUT2D eigenvalue weighted by molar-refractivity contribution is 0.711. The van der Waals surface area contributed by atoms with Crippen molar-refractivity contribution in [1.82, 2.24) is 0 Å². The molecule has 0 radical (unpaired) electrons. The Morgan fingerprint density at radius 3 is 1.31 bits per heavy atom. The second-order valence-corrected chi connectivity index (χ2v) is 2.61. The molecule has 0 rings (SSSR count). The van der Waals surface area contributed by atoms with Crippen molar-refractivity contribution in [2.45, 2.75) is 32.1 Å². The summed E-state index contributed by atoms with van der Waals surface area (Å²) in [4.78, 5) is 0. The molecule has 0 aromatic rings. The number of nitrogens with two attached hydrogens (primary N) is 2. The zero-order valence-electron chi connectivity index (χ0n) is 7.51. The summed E-state index contributed by atoms with van der Waals surface area (Å²) in [6.45, 7) is 0. The summed E-state index contributed by atoms with van der Waals surface area (Å²) in [5.74, 6) is 0.487. The van der Waals surface area contributed by atoms with Crippen molar-refractivity contribution >= 4 is 36.5 Å². The molecule has 0 amide bonds. The van der Waals surface area contributed by atoms with Crippen LogP contribution in [0.15, 0.2) is 0 Å². The minimum Gasteiger partial charge on any atom is -0.388 e. The summed E-state index contributed by atoms with van der Waals surface area (Å²) in [6, 6.07) is 0. The molecule has 0 heterocycles. The van der Waals surface area contributed by atoms with E-state index in [0.29, 0.717) is 12.8 Å². The number of nitrogens with one attached hydrogen (secondary N) is 2. The number of hydrogen-bond donors (Lipinski definition) is 4. The van der Waals surface area contributed by atoms with E-state index in [4.69, 9.17) is 22.3 Å². The van der Waals surface area contributed by atoms with Crippen molar-refractivity contribution in [3.63, 3.8) is 0 Å². The van der Waals surface area contributed by atoms with Gasteiger partial charge < -0.3 is 11.5 Å². The van der Waals surface area contributed by atoms with Crippen LogP contribution in [0.4, 0.5) is 0 Å². The van der Waals surface area contributed by atoms with Crippen molar-refractivity contribution in [3.8, 4) is 0 Å². The summed E-state index contributed by atoms with van der Waals surface area (Å²) in [7, 11) is 0. The Labute approximate surface area is 91.3 Å². The summed E-state index contributed by atoms with van der Waals surface area (Å²) >= 11 is 0. The van der Waals surface area contributed by atoms with Gasteiger partial charge in [0.15, 0.2) is 0 Å². The van der Waals surface area contributed by atoms with Crippen LogP contribution < -0.4 is 11.5 Å². The van der Waals surface area contributed by atoms with E-state index in [9.17, 15) is 0 Å². The summed E-state index contributed by atoms with van der Waals surface area (Å²) in [5, 5.41) is 13.9. The van der Waals surface area contributed by atoms with Crippen LogP contribution in [-0.2, 0) is 0 Å². The standard InChI is InChI=1S/C7H16N4.2ClH/c8-6(9)4-2-1-3-5-7(10)11;;/h1-5H2,(H3,8,9)(H3,10,11);2*1H. The SMILES string of the molecule is Cl.Cl.N=C(N)CCCCCC(=N)N. The highest BCUT2D eigenvalue weighted by Gasteiger charge is 1.92. The highest BCUT2D eigenvalue weighted by atomic mass is 35.5. The smallest absolute Gasteiger partial charge is 0.0905 e. The predicted molar refractivity (Wildman–Crippen MR) is 61.4 cm³/mol. The molecule has 0 aromatic carbocycles. The van der Waals surface area contributed by atoms with Crippen LogP contribution in [0.25, 0.3) is 0 Å². The fourth-order valence-corrected chi connectivity index (χ4v) is 0.808. The summed E-state index contributed by atoms with van der Waals surface area (Å²) in [5.41, 5.74) is 10.3. The monoisotopic (exact) mass is 228 g/mol. The Kier molecular flexibility index (Phi) is 16.2. The van der Waals surface area contributed by atoms with Gasteiger partial charge in [0.1, 0.15) is 0 Å². The molecule has 0 saturated heterocycles. The highest BCUT2D eigenvalue weighted by Crippen LogP contribution is 2.01. The van der Waals surface area contributed by atoms with E-state index >= 15 is 0 Å². The maximum Gasteiger partial charge on any atom is 0.0905 e. The van der Waals surface area contributed by atoms with Gasteiger partial charge in [0.2, 0.25) is 0 Å². The molecule has 0 unspecified atom stereocenters. The van der Waals surface area contributed by atoms with E-state index in [1.54, 1.807) is 0 Å². The predicted octanol–water partition coefficient (Wildman–Crippen LogP) is 1.65. The van der Waals surface area contributed by atoms with Gasteiger partial charge in [-0.2, -0.15) is 0 Å². The molecule has 0 aliphatic carbocycles. The molecular weight excluding hydrogens is 211 g/mol. The molecule has 0 saturated carbocycles. The van der Waals surface area contributed by atoms with Gasteiger partial charge in [-0.15, -0.1) is 24.8 Å². The Bertz CT molecular complexity index is 133. The van der Waals surface area contributed by atoms with Gasteiger partial charge in [-0.3, -0.25) is 10.8 Å². The minimum absolute atomic E-state index is 0. The van der Waals surface area contributed by atoms with E-state index in [1.807, 2.05) is 0 Å². The molecule has 6 heteroatoms. The summed E-state index contributed by atoms with van der Waals surface area (Å²) in [6.07, 6.45) is 4.19. The number of amidine groups is 2. The molecule has 0 atom stereocenters. The van der Waals surface area contributed by atoms with Crippen molar-refractivity contribution in [2.24, 2.45) is 11.5 Å². The lowest BCUT2D eigenvalue weighted by Gasteiger charge is -1.98. The molecule has 0 aromatic heterocycles. The normalized spacial score (nSPS) is 8.00. The van der Waals surface area contributed by atoms with Gasteiger partial charge in [0.25, 0.3) is 0 Å². The molecule has 4 nitrogen and oxygen atoms in total. The largest absolute Gasteiger partial charge is 0.388 e. The molecule has 0 bridgehead atoms. The minimum atomic E-state index is 0. The zero-order chi connectivity index (χ0) is 8.69. The molecule has 6 N–H and O–H groups in total. The van der Waals surface area contributed by atoms with E-state index in [1.165, 1.54) is 0 Å². The first-order chi connectivity index (χ1) is 5.13. The van der Waals surface area contributed by atoms with Gasteiger partial charge in [-0.1, -0.05) is 6.42 Å². The van der Waals surface area contributed by atoms with Crippen LogP contribution in [0, 0.1) is 10.8 Å². The van der Waals surface area contributed by atoms with Gasteiger partial charge >= 0.3 is 0 Å². The Hall–Kier alpha value is -0.480. The molecule has 0 aliphatic rings. The maximum atomic E-state index is 6.93. The highest BCUT2D eigenvalue weighted by molar-refractivity contribution is 5.85. The second kappa shape index (κ2) is 11.5. The third kappa shape index (κ3) is 18.5. The van der Waals surface area contributed by atoms with Gasteiger partial charge in [-0.25, -0.2) is 0 Å². The van der Waals surface area contributed by atoms with Crippen molar-refractivity contribution in [1.29, 1.82) is 10.8 Å². The van der Waals surface area contributed by atoms with Crippen molar-refractivity contribution in [2.75, 3.05) is 0 Å². The molecule has 80 valence electrons. The first-order valence-corrected chi connectivity index (χ1v) is 3.78. The zero-order valence-corrected chi connectivity index (χ0v) is 9.14. The van der Waals surface area contributed by atoms with Crippen LogP contribution in [0.2, 0.25) is 0 Å². The first-order valence-electron chi connectivity index (χ1n) is 3.78. The third-order valence-electron chi connectivity index (χ3n) is 1.39. The Balaban J connectivity index is -0.000000500. The van der Waals surface area contributed by atoms with Gasteiger partial charge in [-0.05, 0) is 12.8 Å². The quantitative estimate of drug-likeness (QED) is 0.316. The maximum absolute atomic E-state index is 6.93. The van der Waals surface area contributed by atoms with Crippen LogP contribution in [-0.4, -0.2) is 11.7 Å². The van der Waals surface area contributed by atoms with E-state index in [-0.39, 0.29) is 36.5 Å². The first kappa shape index (κ1) is 18.3. The van der Waals surface area contributed by atoms with Crippen LogP contribution in [0.5, 0.6) is 0 Å². The summed E-state index contributed by atoms with van der Waals surface area (Å²) < 4.78 is 0. The Morgan fingerprint density at radius 2 is 1.08 bits per heavy atom. The third-order valence-corrected chi connectivity index (χ3v) is 1.39. The topological polar surface area (TPSA) is 99.7 Å². The molecule has 0 aliphatic heterocycles. The van der Waals surface area contributed by atoms with Crippen LogP contribution >= 0.6 is 24.8 Å². The van der Waals surface area contributed by atoms with Gasteiger partial charge in [0.05, 0.1) is 11.7 Å². The molecule has 0 spiro atoms. The van der Waals surface area contributed by atoms with Crippen molar-refractivity contribution < 1.29 is 0 Å². The van der Waals surface area contributed by atoms with Crippen LogP contribution in [0.1, 0.15) is 32.1 Å². The number of unbranched alkanes of at least 4 members (excludes halogenated alkanes) is 2. The second-order valence-electron chi connectivity index (χ2n) is 2.61. The lowest BCUT2D eigenvalue weighted by Crippen LogP contribution is -2.10. The van der Waals surface area contributed by atoms with E-state index in [2.05, 4.69) is 0 Å². The lowest BCUT2D eigenvalue weighted by atomic mass is 10.1. The molecular formula is C7H18Cl2N4. The van der Waals surface area contributed by atoms with E-state index < -0.39 is 0 Å². The Morgan fingerprint density at radius 1 is 0.769 bits per heavy atom. The number of hydrogen-bond acceptors (Lipinski definition) is 2. The average molecular weight is 229 g/mol. The van der Waals surface area contributed by atoms with Crippen molar-refractivity contribution in [3.05, 3.63) is 0 Å². The van der Waals surface area contributed by atoms with Crippen LogP contribution in [0.3, 0.4) is 0 Å². The number of rotatable bonds is 6. The fourth-order valence-electron chi connectivity index (χ4n) is 0.808. The fraction of sp³-hybridized carbons (Fsp3) is 0.714.